The molecule has 0 aliphatic carbocycles. The summed E-state index contributed by atoms with van der Waals surface area (Å²) in [7, 11) is -1.86. The van der Waals surface area contributed by atoms with Crippen LogP contribution in [0.4, 0.5) is 0 Å². The van der Waals surface area contributed by atoms with E-state index in [9.17, 15) is 4.46 Å². The van der Waals surface area contributed by atoms with Gasteiger partial charge in [-0.3, -0.25) is 0 Å². The first-order valence-corrected chi connectivity index (χ1v) is 5.42. The van der Waals surface area contributed by atoms with Gasteiger partial charge in [0.25, 0.3) is 0 Å². The van der Waals surface area contributed by atoms with Crippen molar-refractivity contribution in [1.29, 1.82) is 0 Å². The second kappa shape index (κ2) is 8.38. The van der Waals surface area contributed by atoms with Crippen molar-refractivity contribution in [1.82, 2.24) is 0 Å². The average molecular weight is 527 g/mol. The van der Waals surface area contributed by atoms with Crippen LogP contribution in [0.5, 0.6) is 0 Å². The molecule has 0 bridgehead atoms. The Bertz CT molecular complexity index is 57.4. The molecule has 5 nitrogen and oxygen atoms in total. The minimum Gasteiger partial charge on any atom is 0 e. The summed E-state index contributed by atoms with van der Waals surface area (Å²) in [4.78, 5) is 0. The van der Waals surface area contributed by atoms with Crippen molar-refractivity contribution in [2.45, 2.75) is 0 Å². The van der Waals surface area contributed by atoms with E-state index in [0.29, 0.717) is 0 Å². The predicted octanol–water partition coefficient (Wildman–Crippen LogP) is -3.05. The van der Waals surface area contributed by atoms with Crippen molar-refractivity contribution in [2.24, 2.45) is 0 Å². The van der Waals surface area contributed by atoms with Crippen LogP contribution in [0.3, 0.4) is 0 Å². The molecular weight excluding hydrogens is 522 g/mol. The van der Waals surface area contributed by atoms with Crippen LogP contribution in [0.15, 0.2) is 0 Å². The maximum absolute atomic E-state index is 9.69. The molecule has 1 saturated heterocycles. The summed E-state index contributed by atoms with van der Waals surface area (Å²) in [6.45, 7) is 0. The molecule has 0 unspecified atom stereocenters. The van der Waals surface area contributed by atoms with Gasteiger partial charge in [0.15, 0.2) is 0 Å². The Labute approximate surface area is 80.9 Å². The molecule has 8 heavy (non-hydrogen) atoms. The van der Waals surface area contributed by atoms with Crippen LogP contribution < -0.4 is 0 Å². The van der Waals surface area contributed by atoms with E-state index in [4.69, 9.17) is 0 Å². The van der Waals surface area contributed by atoms with Crippen LogP contribution in [0.1, 0.15) is 0 Å². The molecule has 0 aromatic rings. The Morgan fingerprint density at radius 3 is 1.50 bits per heavy atom. The van der Waals surface area contributed by atoms with Crippen LogP contribution in [0, 0.1) is 0 Å². The van der Waals surface area contributed by atoms with Gasteiger partial charge < -0.3 is 11.0 Å². The molecular formula is H4O5Pb2Si. The smallest absolute Gasteiger partial charge is 0 e. The first-order chi connectivity index (χ1) is 2.39. The van der Waals surface area contributed by atoms with Crippen LogP contribution in [0.2, 0.25) is 0 Å². The van der Waals surface area contributed by atoms with Gasteiger partial charge in [-0.25, -0.2) is 0 Å². The zero-order valence-electron chi connectivity index (χ0n) is 3.72. The summed E-state index contributed by atoms with van der Waals surface area (Å²) in [6.07, 6.45) is 0. The molecule has 1 fully saturated rings. The summed E-state index contributed by atoms with van der Waals surface area (Å²) < 4.78 is 18.6. The fourth-order valence-corrected chi connectivity index (χ4v) is 1.99. The van der Waals surface area contributed by atoms with Crippen LogP contribution in [-0.4, -0.2) is 72.6 Å². The Hall–Kier alpha value is 1.38. The van der Waals surface area contributed by atoms with Crippen molar-refractivity contribution in [3.63, 3.8) is 0 Å². The monoisotopic (exact) mass is 528 g/mol. The first kappa shape index (κ1) is 16.2. The Balaban J connectivity index is -0.0000000833. The third-order valence-corrected chi connectivity index (χ3v) is 6.58. The van der Waals surface area contributed by atoms with Gasteiger partial charge >= 0.3 is 43.5 Å². The molecule has 0 spiro atoms. The maximum Gasteiger partial charge on any atom is 0 e. The van der Waals surface area contributed by atoms with Crippen LogP contribution >= 0.6 is 0 Å². The molecule has 0 saturated carbocycles. The number of hydrogen-bond donors (Lipinski definition) is 0. The third kappa shape index (κ3) is 5.52. The van der Waals surface area contributed by atoms with Gasteiger partial charge in [0.1, 0.15) is 0 Å². The van der Waals surface area contributed by atoms with Gasteiger partial charge in [-0.2, -0.15) is 0 Å². The molecule has 6 radical (unpaired) electrons. The van der Waals surface area contributed by atoms with Gasteiger partial charge in [-0.1, -0.05) is 0 Å². The molecule has 0 amide bonds. The van der Waals surface area contributed by atoms with E-state index in [0.717, 1.165) is 0 Å². The summed E-state index contributed by atoms with van der Waals surface area (Å²) in [5.41, 5.74) is 0. The fraction of sp³-hybridized carbons (Fsp3) is 0. The van der Waals surface area contributed by atoms with Gasteiger partial charge in [-0.15, -0.1) is 0 Å². The molecule has 46 valence electrons. The molecule has 0 aromatic carbocycles. The number of rotatable bonds is 0. The Morgan fingerprint density at radius 2 is 1.50 bits per heavy atom. The van der Waals surface area contributed by atoms with E-state index < -0.39 is 34.3 Å². The molecule has 4 N–H and O–H groups in total. The van der Waals surface area contributed by atoms with E-state index in [1.807, 2.05) is 0 Å². The van der Waals surface area contributed by atoms with Crippen LogP contribution in [-0.2, 0) is 9.21 Å². The second-order valence-corrected chi connectivity index (χ2v) is 6.85. The van der Waals surface area contributed by atoms with Crippen molar-refractivity contribution in [3.8, 4) is 0 Å². The summed E-state index contributed by atoms with van der Waals surface area (Å²) >= 11 is -1.08. The Morgan fingerprint density at radius 1 is 1.25 bits per heavy atom. The number of hydrogen-bond acceptors (Lipinski definition) is 3. The molecule has 1 aliphatic rings. The van der Waals surface area contributed by atoms with Crippen molar-refractivity contribution < 1.29 is 20.2 Å². The van der Waals surface area contributed by atoms with E-state index in [1.165, 1.54) is 0 Å². The maximum atomic E-state index is 9.69. The van der Waals surface area contributed by atoms with Gasteiger partial charge in [0.2, 0.25) is 0 Å². The molecule has 1 heterocycles. The standard InChI is InChI=1S/O3Si.2H2O.2Pb/c1-4(2)3;;;;/h;2*1H2;;/q-2;;;;+2. The Kier molecular flexibility index (Phi) is 17.0. The third-order valence-electron chi connectivity index (χ3n) is 0.250. The normalized spacial score (nSPS) is 11.8. The van der Waals surface area contributed by atoms with E-state index in [-0.39, 0.29) is 38.3 Å². The van der Waals surface area contributed by atoms with Crippen LogP contribution in [0.25, 0.3) is 0 Å². The second-order valence-electron chi connectivity index (χ2n) is 0.537. The summed E-state index contributed by atoms with van der Waals surface area (Å²) in [5.74, 6) is 0. The fourth-order valence-electron chi connectivity index (χ4n) is 0.0757. The zero-order valence-corrected chi connectivity index (χ0v) is 12.5. The van der Waals surface area contributed by atoms with E-state index in [2.05, 4.69) is 4.75 Å². The van der Waals surface area contributed by atoms with Crippen molar-refractivity contribution >= 4 is 61.6 Å². The van der Waals surface area contributed by atoms with Crippen molar-refractivity contribution in [3.05, 3.63) is 0 Å². The predicted molar refractivity (Wildman–Crippen MR) is 27.3 cm³/mol. The average Bonchev–Trinajstić information content (AvgIpc) is 1.30. The van der Waals surface area contributed by atoms with E-state index in [1.54, 1.807) is 0 Å². The topological polar surface area (TPSA) is 98.5 Å². The largest absolute Gasteiger partial charge is 0 e. The zero-order chi connectivity index (χ0) is 3.70. The first-order valence-electron chi connectivity index (χ1n) is 1.02. The minimum absolute atomic E-state index is 0. The van der Waals surface area contributed by atoms with E-state index >= 15 is 0 Å². The van der Waals surface area contributed by atoms with Gasteiger partial charge in [0.05, 0.1) is 0 Å². The molecule has 1 rings (SSSR count). The minimum atomic E-state index is -1.86. The summed E-state index contributed by atoms with van der Waals surface area (Å²) in [5, 5.41) is 0. The molecule has 8 heteroatoms. The molecule has 1 aliphatic heterocycles. The SMILES string of the molecule is O.O.O=[Si]1[O][Pb][O]1.[Pb]. The van der Waals surface area contributed by atoms with Gasteiger partial charge in [0, 0.05) is 27.3 Å². The summed E-state index contributed by atoms with van der Waals surface area (Å²) in [6, 6.07) is 0. The molecule has 0 atom stereocenters. The molecule has 0 aromatic heterocycles. The van der Waals surface area contributed by atoms with Crippen molar-refractivity contribution in [2.75, 3.05) is 0 Å². The van der Waals surface area contributed by atoms with Gasteiger partial charge in [-0.05, 0) is 0 Å². The quantitative estimate of drug-likeness (QED) is 0.314.